The Labute approximate surface area is 170 Å². The van der Waals surface area contributed by atoms with Crippen LogP contribution in [0.3, 0.4) is 0 Å². The number of carbonyl (C=O) groups is 1. The standard InChI is InChI=1S/C23H28O2S2/c1-3-5-7-9-17-11-13-18(14-12-17)25-23(24)22-16-21-20(27-22)15-19(26-21)10-8-6-4-2/h11-16H,3-10H2,1-2H3. The first-order valence-corrected chi connectivity index (χ1v) is 11.7. The van der Waals surface area contributed by atoms with E-state index in [0.29, 0.717) is 10.6 Å². The van der Waals surface area contributed by atoms with Gasteiger partial charge in [-0.2, -0.15) is 0 Å². The molecule has 2 nitrogen and oxygen atoms in total. The predicted octanol–water partition coefficient (Wildman–Crippen LogP) is 7.65. The van der Waals surface area contributed by atoms with Gasteiger partial charge in [-0.3, -0.25) is 0 Å². The normalized spacial score (nSPS) is 11.2. The van der Waals surface area contributed by atoms with E-state index in [0.717, 1.165) is 12.8 Å². The topological polar surface area (TPSA) is 26.3 Å². The van der Waals surface area contributed by atoms with Crippen LogP contribution in [0.5, 0.6) is 5.75 Å². The van der Waals surface area contributed by atoms with Gasteiger partial charge in [0, 0.05) is 14.3 Å². The molecule has 0 spiro atoms. The Morgan fingerprint density at radius 3 is 2.19 bits per heavy atom. The van der Waals surface area contributed by atoms with Crippen molar-refractivity contribution < 1.29 is 9.53 Å². The molecule has 3 rings (SSSR count). The van der Waals surface area contributed by atoms with E-state index >= 15 is 0 Å². The van der Waals surface area contributed by atoms with Gasteiger partial charge in [0.2, 0.25) is 0 Å². The highest BCUT2D eigenvalue weighted by Crippen LogP contribution is 2.34. The third kappa shape index (κ3) is 5.66. The molecular weight excluding hydrogens is 372 g/mol. The van der Waals surface area contributed by atoms with Crippen molar-refractivity contribution in [3.8, 4) is 5.75 Å². The van der Waals surface area contributed by atoms with Gasteiger partial charge in [-0.15, -0.1) is 22.7 Å². The van der Waals surface area contributed by atoms with Crippen LogP contribution in [0.25, 0.3) is 9.40 Å². The lowest BCUT2D eigenvalue weighted by Crippen LogP contribution is -2.06. The van der Waals surface area contributed by atoms with Crippen LogP contribution in [0.1, 0.15) is 72.5 Å². The van der Waals surface area contributed by atoms with Gasteiger partial charge in [-0.25, -0.2) is 4.79 Å². The number of unbranched alkanes of at least 4 members (excludes halogenated alkanes) is 4. The molecular formula is C23H28O2S2. The zero-order valence-corrected chi connectivity index (χ0v) is 17.9. The van der Waals surface area contributed by atoms with Crippen LogP contribution in [-0.4, -0.2) is 5.97 Å². The molecule has 0 radical (unpaired) electrons. The van der Waals surface area contributed by atoms with Crippen molar-refractivity contribution in [3.05, 3.63) is 51.7 Å². The Balaban J connectivity index is 1.58. The maximum Gasteiger partial charge on any atom is 0.353 e. The summed E-state index contributed by atoms with van der Waals surface area (Å²) in [5.41, 5.74) is 1.30. The Morgan fingerprint density at radius 1 is 0.852 bits per heavy atom. The quantitative estimate of drug-likeness (QED) is 0.198. The molecule has 0 aliphatic carbocycles. The summed E-state index contributed by atoms with van der Waals surface area (Å²) in [7, 11) is 0. The molecule has 0 saturated heterocycles. The van der Waals surface area contributed by atoms with Gasteiger partial charge in [-0.1, -0.05) is 51.7 Å². The maximum absolute atomic E-state index is 12.5. The molecule has 0 atom stereocenters. The van der Waals surface area contributed by atoms with Gasteiger partial charge >= 0.3 is 5.97 Å². The van der Waals surface area contributed by atoms with Gasteiger partial charge < -0.3 is 4.74 Å². The molecule has 144 valence electrons. The molecule has 0 bridgehead atoms. The molecule has 0 unspecified atom stereocenters. The molecule has 27 heavy (non-hydrogen) atoms. The number of hydrogen-bond acceptors (Lipinski definition) is 4. The van der Waals surface area contributed by atoms with E-state index in [9.17, 15) is 4.79 Å². The van der Waals surface area contributed by atoms with Crippen molar-refractivity contribution in [2.45, 2.75) is 65.2 Å². The SMILES string of the molecule is CCCCCc1ccc(OC(=O)c2cc3sc(CCCCC)cc3s2)cc1. The minimum atomic E-state index is -0.255. The Bertz CT molecular complexity index is 827. The molecule has 2 aromatic heterocycles. The van der Waals surface area contributed by atoms with E-state index < -0.39 is 0 Å². The number of rotatable bonds is 10. The molecule has 0 aliphatic rings. The van der Waals surface area contributed by atoms with Gasteiger partial charge in [-0.05, 0) is 55.5 Å². The number of esters is 1. The third-order valence-electron chi connectivity index (χ3n) is 4.69. The van der Waals surface area contributed by atoms with Crippen molar-refractivity contribution in [2.24, 2.45) is 0 Å². The smallest absolute Gasteiger partial charge is 0.353 e. The fraction of sp³-hybridized carbons (Fsp3) is 0.435. The Morgan fingerprint density at radius 2 is 1.52 bits per heavy atom. The number of hydrogen-bond donors (Lipinski definition) is 0. The molecule has 0 aliphatic heterocycles. The van der Waals surface area contributed by atoms with Crippen molar-refractivity contribution >= 4 is 38.0 Å². The highest BCUT2D eigenvalue weighted by molar-refractivity contribution is 7.28. The maximum atomic E-state index is 12.5. The van der Waals surface area contributed by atoms with Crippen molar-refractivity contribution in [3.63, 3.8) is 0 Å². The average molecular weight is 401 g/mol. The van der Waals surface area contributed by atoms with Crippen LogP contribution in [0.15, 0.2) is 36.4 Å². The first-order valence-electron chi connectivity index (χ1n) is 10.0. The van der Waals surface area contributed by atoms with E-state index in [4.69, 9.17) is 4.74 Å². The molecule has 0 saturated carbocycles. The fourth-order valence-corrected chi connectivity index (χ4v) is 5.46. The number of carbonyl (C=O) groups excluding carboxylic acids is 1. The lowest BCUT2D eigenvalue weighted by atomic mass is 10.1. The van der Waals surface area contributed by atoms with Gasteiger partial charge in [0.25, 0.3) is 0 Å². The molecule has 0 N–H and O–H groups in total. The second-order valence-corrected chi connectivity index (χ2v) is 9.25. The molecule has 3 aromatic rings. The first-order chi connectivity index (χ1) is 13.2. The monoisotopic (exact) mass is 400 g/mol. The van der Waals surface area contributed by atoms with E-state index in [1.165, 1.54) is 69.7 Å². The fourth-order valence-electron chi connectivity index (χ4n) is 3.12. The zero-order chi connectivity index (χ0) is 19.1. The van der Waals surface area contributed by atoms with E-state index in [1.54, 1.807) is 11.3 Å². The van der Waals surface area contributed by atoms with Crippen LogP contribution in [-0.2, 0) is 12.8 Å². The van der Waals surface area contributed by atoms with Crippen LogP contribution < -0.4 is 4.74 Å². The van der Waals surface area contributed by atoms with Crippen LogP contribution in [0, 0.1) is 0 Å². The minimum absolute atomic E-state index is 0.255. The molecule has 4 heteroatoms. The molecule has 1 aromatic carbocycles. The zero-order valence-electron chi connectivity index (χ0n) is 16.3. The number of ether oxygens (including phenoxy) is 1. The number of aryl methyl sites for hydroxylation is 2. The molecule has 0 amide bonds. The van der Waals surface area contributed by atoms with Gasteiger partial charge in [0.15, 0.2) is 0 Å². The second kappa shape index (κ2) is 10.0. The predicted molar refractivity (Wildman–Crippen MR) is 118 cm³/mol. The first kappa shape index (κ1) is 20.1. The van der Waals surface area contributed by atoms with E-state index in [1.807, 2.05) is 18.2 Å². The summed E-state index contributed by atoms with van der Waals surface area (Å²) in [6.45, 7) is 4.44. The average Bonchev–Trinajstić information content (AvgIpc) is 3.22. The summed E-state index contributed by atoms with van der Waals surface area (Å²) in [5.74, 6) is 0.367. The Hall–Kier alpha value is -1.65. The third-order valence-corrected chi connectivity index (χ3v) is 7.02. The molecule has 2 heterocycles. The highest BCUT2D eigenvalue weighted by Gasteiger charge is 2.15. The van der Waals surface area contributed by atoms with Crippen LogP contribution in [0.4, 0.5) is 0 Å². The van der Waals surface area contributed by atoms with Crippen LogP contribution in [0.2, 0.25) is 0 Å². The van der Waals surface area contributed by atoms with Crippen LogP contribution >= 0.6 is 22.7 Å². The lowest BCUT2D eigenvalue weighted by molar-refractivity contribution is 0.0740. The molecule has 0 fully saturated rings. The summed E-state index contributed by atoms with van der Waals surface area (Å²) in [6.07, 6.45) is 9.69. The van der Waals surface area contributed by atoms with Gasteiger partial charge in [0.1, 0.15) is 10.6 Å². The highest BCUT2D eigenvalue weighted by atomic mass is 32.1. The lowest BCUT2D eigenvalue weighted by Gasteiger charge is -2.05. The van der Waals surface area contributed by atoms with E-state index in [-0.39, 0.29) is 5.97 Å². The van der Waals surface area contributed by atoms with Gasteiger partial charge in [0.05, 0.1) is 0 Å². The van der Waals surface area contributed by atoms with Crippen molar-refractivity contribution in [1.82, 2.24) is 0 Å². The van der Waals surface area contributed by atoms with Crippen molar-refractivity contribution in [2.75, 3.05) is 0 Å². The van der Waals surface area contributed by atoms with E-state index in [2.05, 4.69) is 32.0 Å². The minimum Gasteiger partial charge on any atom is -0.422 e. The number of thiophene rings is 2. The van der Waals surface area contributed by atoms with Crippen molar-refractivity contribution in [1.29, 1.82) is 0 Å². The summed E-state index contributed by atoms with van der Waals surface area (Å²) >= 11 is 3.34. The second-order valence-electron chi connectivity index (χ2n) is 7.00. The largest absolute Gasteiger partial charge is 0.422 e. The number of benzene rings is 1. The number of fused-ring (bicyclic) bond motifs is 1. The summed E-state index contributed by atoms with van der Waals surface area (Å²) in [4.78, 5) is 14.6. The summed E-state index contributed by atoms with van der Waals surface area (Å²) in [6, 6.07) is 12.2. The Kier molecular flexibility index (Phi) is 7.48. The summed E-state index contributed by atoms with van der Waals surface area (Å²) < 4.78 is 7.96. The summed E-state index contributed by atoms with van der Waals surface area (Å²) in [5, 5.41) is 0.